The standard InChI is InChI=1S/C15H16BrFN4O2S/c16-11-7-10(1-2-12(11)17)19-14(18)13-15(21-23-20-13)24-8-9-3-5-22-6-4-9/h1-2,7,9H,3-6,8H2,(H2,18,19). The molecule has 128 valence electrons. The molecule has 0 atom stereocenters. The van der Waals surface area contributed by atoms with Crippen LogP contribution in [-0.4, -0.2) is 35.1 Å². The summed E-state index contributed by atoms with van der Waals surface area (Å²) in [5.41, 5.74) is 6.94. The van der Waals surface area contributed by atoms with Crippen molar-refractivity contribution in [1.82, 2.24) is 10.3 Å². The summed E-state index contributed by atoms with van der Waals surface area (Å²) >= 11 is 4.67. The fourth-order valence-electron chi connectivity index (χ4n) is 2.29. The Morgan fingerprint density at radius 2 is 2.17 bits per heavy atom. The molecule has 1 aromatic heterocycles. The number of ether oxygens (including phenoxy) is 1. The maximum Gasteiger partial charge on any atom is 0.183 e. The van der Waals surface area contributed by atoms with Crippen molar-refractivity contribution in [2.75, 3.05) is 19.0 Å². The summed E-state index contributed by atoms with van der Waals surface area (Å²) in [6.07, 6.45) is 2.08. The van der Waals surface area contributed by atoms with Crippen molar-refractivity contribution in [3.05, 3.63) is 34.2 Å². The highest BCUT2D eigenvalue weighted by molar-refractivity contribution is 9.10. The average molecular weight is 415 g/mol. The number of benzene rings is 1. The van der Waals surface area contributed by atoms with Crippen LogP contribution in [-0.2, 0) is 4.74 Å². The molecule has 0 unspecified atom stereocenters. The Hall–Kier alpha value is -1.45. The van der Waals surface area contributed by atoms with Crippen molar-refractivity contribution in [3.63, 3.8) is 0 Å². The van der Waals surface area contributed by atoms with Crippen molar-refractivity contribution in [3.8, 4) is 0 Å². The third kappa shape index (κ3) is 4.34. The maximum atomic E-state index is 13.3. The predicted molar refractivity (Wildman–Crippen MR) is 93.0 cm³/mol. The number of nitrogens with two attached hydrogens (primary N) is 1. The predicted octanol–water partition coefficient (Wildman–Crippen LogP) is 3.53. The van der Waals surface area contributed by atoms with E-state index in [0.29, 0.717) is 26.8 Å². The van der Waals surface area contributed by atoms with Crippen LogP contribution in [0.4, 0.5) is 10.1 Å². The Kier molecular flexibility index (Phi) is 5.85. The van der Waals surface area contributed by atoms with Crippen molar-refractivity contribution < 1.29 is 13.8 Å². The Morgan fingerprint density at radius 3 is 2.92 bits per heavy atom. The summed E-state index contributed by atoms with van der Waals surface area (Å²) in [5.74, 6) is 1.31. The molecular weight excluding hydrogens is 399 g/mol. The second-order valence-corrected chi connectivity index (χ2v) is 7.24. The van der Waals surface area contributed by atoms with Gasteiger partial charge in [-0.05, 0) is 63.2 Å². The largest absolute Gasteiger partial charge is 0.382 e. The first-order chi connectivity index (χ1) is 11.6. The van der Waals surface area contributed by atoms with Crippen LogP contribution in [0.25, 0.3) is 0 Å². The van der Waals surface area contributed by atoms with Gasteiger partial charge in [-0.25, -0.2) is 14.0 Å². The molecule has 1 aliphatic rings. The van der Waals surface area contributed by atoms with Gasteiger partial charge in [-0.15, -0.1) is 11.8 Å². The average Bonchev–Trinajstić information content (AvgIpc) is 3.06. The van der Waals surface area contributed by atoms with Crippen LogP contribution in [0, 0.1) is 11.7 Å². The molecule has 6 nitrogen and oxygen atoms in total. The number of halogens is 2. The number of aliphatic imine (C=N–C) groups is 1. The third-order valence-electron chi connectivity index (χ3n) is 3.65. The van der Waals surface area contributed by atoms with E-state index < -0.39 is 0 Å². The fourth-order valence-corrected chi connectivity index (χ4v) is 3.75. The van der Waals surface area contributed by atoms with Crippen molar-refractivity contribution in [2.45, 2.75) is 17.9 Å². The highest BCUT2D eigenvalue weighted by Crippen LogP contribution is 2.27. The minimum Gasteiger partial charge on any atom is -0.382 e. The molecule has 2 aromatic rings. The zero-order valence-corrected chi connectivity index (χ0v) is 15.1. The molecule has 0 bridgehead atoms. The lowest BCUT2D eigenvalue weighted by molar-refractivity contribution is 0.0728. The SMILES string of the molecule is NC(=Nc1ccc(F)c(Br)c1)c1nonc1SCC1CCOCC1. The van der Waals surface area contributed by atoms with Gasteiger partial charge in [0.25, 0.3) is 0 Å². The molecule has 1 aromatic carbocycles. The van der Waals surface area contributed by atoms with E-state index in [2.05, 4.69) is 31.2 Å². The smallest absolute Gasteiger partial charge is 0.183 e. The molecule has 0 aliphatic carbocycles. The number of hydrogen-bond donors (Lipinski definition) is 1. The highest BCUT2D eigenvalue weighted by atomic mass is 79.9. The minimum atomic E-state index is -0.358. The summed E-state index contributed by atoms with van der Waals surface area (Å²) in [6, 6.07) is 4.40. The van der Waals surface area contributed by atoms with Gasteiger partial charge in [0.05, 0.1) is 10.2 Å². The van der Waals surface area contributed by atoms with Crippen LogP contribution < -0.4 is 5.73 Å². The van der Waals surface area contributed by atoms with E-state index >= 15 is 0 Å². The molecule has 1 fully saturated rings. The highest BCUT2D eigenvalue weighted by Gasteiger charge is 2.19. The Morgan fingerprint density at radius 1 is 1.38 bits per heavy atom. The first-order valence-corrected chi connectivity index (χ1v) is 9.24. The molecule has 1 saturated heterocycles. The van der Waals surface area contributed by atoms with Gasteiger partial charge in [-0.3, -0.25) is 0 Å². The lowest BCUT2D eigenvalue weighted by atomic mass is 10.0. The quantitative estimate of drug-likeness (QED) is 0.457. The second-order valence-electron chi connectivity index (χ2n) is 5.38. The van der Waals surface area contributed by atoms with Crippen LogP contribution in [0.15, 0.2) is 37.3 Å². The van der Waals surface area contributed by atoms with E-state index in [1.165, 1.54) is 12.1 Å². The lowest BCUT2D eigenvalue weighted by Gasteiger charge is -2.20. The van der Waals surface area contributed by atoms with Gasteiger partial charge in [0, 0.05) is 19.0 Å². The van der Waals surface area contributed by atoms with E-state index in [1.807, 2.05) is 0 Å². The van der Waals surface area contributed by atoms with Crippen molar-refractivity contribution >= 4 is 39.2 Å². The summed E-state index contributed by atoms with van der Waals surface area (Å²) < 4.78 is 23.8. The maximum absolute atomic E-state index is 13.3. The summed E-state index contributed by atoms with van der Waals surface area (Å²) in [7, 11) is 0. The number of rotatable bonds is 5. The van der Waals surface area contributed by atoms with Crippen molar-refractivity contribution in [2.24, 2.45) is 16.6 Å². The molecule has 0 amide bonds. The molecule has 0 spiro atoms. The monoisotopic (exact) mass is 414 g/mol. The van der Waals surface area contributed by atoms with Crippen LogP contribution >= 0.6 is 27.7 Å². The van der Waals surface area contributed by atoms with Crippen LogP contribution in [0.3, 0.4) is 0 Å². The zero-order chi connectivity index (χ0) is 16.9. The van der Waals surface area contributed by atoms with Gasteiger partial charge in [0.1, 0.15) is 5.82 Å². The summed E-state index contributed by atoms with van der Waals surface area (Å²) in [4.78, 5) is 4.26. The van der Waals surface area contributed by atoms with E-state index in [1.54, 1.807) is 17.8 Å². The van der Waals surface area contributed by atoms with Gasteiger partial charge in [-0.2, -0.15) is 0 Å². The first kappa shape index (κ1) is 17.4. The minimum absolute atomic E-state index is 0.184. The van der Waals surface area contributed by atoms with Crippen LogP contribution in [0.1, 0.15) is 18.5 Å². The van der Waals surface area contributed by atoms with Gasteiger partial charge < -0.3 is 10.5 Å². The summed E-state index contributed by atoms with van der Waals surface area (Å²) in [6.45, 7) is 1.61. The molecule has 24 heavy (non-hydrogen) atoms. The Bertz CT molecular complexity index is 734. The molecule has 1 aliphatic heterocycles. The second kappa shape index (κ2) is 8.09. The van der Waals surface area contributed by atoms with E-state index in [0.717, 1.165) is 31.8 Å². The number of thioether (sulfide) groups is 1. The Balaban J connectivity index is 1.70. The molecule has 0 radical (unpaired) electrons. The third-order valence-corrected chi connectivity index (χ3v) is 5.44. The number of aromatic nitrogens is 2. The molecule has 2 N–H and O–H groups in total. The van der Waals surface area contributed by atoms with Crippen molar-refractivity contribution in [1.29, 1.82) is 0 Å². The van der Waals surface area contributed by atoms with E-state index in [9.17, 15) is 4.39 Å². The number of nitrogens with zero attached hydrogens (tertiary/aromatic N) is 3. The van der Waals surface area contributed by atoms with Gasteiger partial charge in [-0.1, -0.05) is 0 Å². The number of hydrogen-bond acceptors (Lipinski definition) is 6. The number of amidine groups is 1. The zero-order valence-electron chi connectivity index (χ0n) is 12.7. The van der Waals surface area contributed by atoms with Gasteiger partial charge in [0.2, 0.25) is 0 Å². The molecule has 9 heteroatoms. The summed E-state index contributed by atoms with van der Waals surface area (Å²) in [5, 5.41) is 8.37. The Labute approximate surface area is 151 Å². The topological polar surface area (TPSA) is 86.5 Å². The molecule has 2 heterocycles. The molecule has 0 saturated carbocycles. The van der Waals surface area contributed by atoms with E-state index in [4.69, 9.17) is 15.1 Å². The van der Waals surface area contributed by atoms with Gasteiger partial charge in [0.15, 0.2) is 16.6 Å². The van der Waals surface area contributed by atoms with Crippen LogP contribution in [0.5, 0.6) is 0 Å². The molecular formula is C15H16BrFN4O2S. The first-order valence-electron chi connectivity index (χ1n) is 7.46. The van der Waals surface area contributed by atoms with E-state index in [-0.39, 0.29) is 11.7 Å². The van der Waals surface area contributed by atoms with Gasteiger partial charge >= 0.3 is 0 Å². The fraction of sp³-hybridized carbons (Fsp3) is 0.400. The molecule has 3 rings (SSSR count). The lowest BCUT2D eigenvalue weighted by Crippen LogP contribution is -2.18. The van der Waals surface area contributed by atoms with Crippen LogP contribution in [0.2, 0.25) is 0 Å². The normalized spacial score (nSPS) is 16.5.